The molecular formula is C28H29F3N4O6. The summed E-state index contributed by atoms with van der Waals surface area (Å²) in [6, 6.07) is 0.108. The molecule has 5 rings (SSSR count). The highest BCUT2D eigenvalue weighted by atomic mass is 19.1. The number of rotatable bonds is 8. The van der Waals surface area contributed by atoms with Crippen LogP contribution < -0.4 is 15.5 Å². The van der Waals surface area contributed by atoms with Crippen LogP contribution in [0.15, 0.2) is 28.3 Å². The van der Waals surface area contributed by atoms with E-state index in [1.54, 1.807) is 4.90 Å². The molecule has 1 fully saturated rings. The Kier molecular flexibility index (Phi) is 7.62. The SMILES string of the molecule is CCCCOc1c2n(cc(C(=O)NCc3c(F)cc(F)cc3F)c1=O)[C@@H]1CN(C2=O)[C@@H](C)CC[C@]12CC(C=O)=NO2. The fourth-order valence-electron chi connectivity index (χ4n) is 5.65. The molecular weight excluding hydrogens is 545 g/mol. The molecule has 3 atom stereocenters. The van der Waals surface area contributed by atoms with E-state index in [-0.39, 0.29) is 42.8 Å². The molecule has 13 heteroatoms. The number of oxime groups is 1. The lowest BCUT2D eigenvalue weighted by Gasteiger charge is -2.42. The van der Waals surface area contributed by atoms with Crippen LogP contribution >= 0.6 is 0 Å². The standard InChI is InChI=1S/C28H29F3N4O6/c1-3-4-7-40-25-23-27(39)34-13-22(28(6-5-15(34)2)10-17(14-36)33-41-28)35(23)12-19(24(25)37)26(38)32-11-18-20(30)8-16(29)9-21(18)31/h8-9,12,14-15,22H,3-7,10-11,13H2,1-2H3,(H,32,38)/t15-,22+,28-/m0/s1. The van der Waals surface area contributed by atoms with Gasteiger partial charge in [0.15, 0.2) is 23.3 Å². The summed E-state index contributed by atoms with van der Waals surface area (Å²) in [5.41, 5.74) is -2.75. The highest BCUT2D eigenvalue weighted by Crippen LogP contribution is 2.46. The van der Waals surface area contributed by atoms with Crippen molar-refractivity contribution in [3.05, 3.63) is 62.8 Å². The Morgan fingerprint density at radius 3 is 2.66 bits per heavy atom. The molecule has 41 heavy (non-hydrogen) atoms. The molecule has 1 aromatic carbocycles. The Morgan fingerprint density at radius 2 is 2.00 bits per heavy atom. The molecule has 1 saturated heterocycles. The molecule has 10 nitrogen and oxygen atoms in total. The van der Waals surface area contributed by atoms with Crippen LogP contribution in [0.3, 0.4) is 0 Å². The predicted octanol–water partition coefficient (Wildman–Crippen LogP) is 3.27. The highest BCUT2D eigenvalue weighted by molar-refractivity contribution is 6.28. The first-order valence-electron chi connectivity index (χ1n) is 13.4. The predicted molar refractivity (Wildman–Crippen MR) is 139 cm³/mol. The molecule has 218 valence electrons. The fourth-order valence-corrected chi connectivity index (χ4v) is 5.65. The van der Waals surface area contributed by atoms with E-state index in [1.807, 2.05) is 13.8 Å². The third-order valence-corrected chi connectivity index (χ3v) is 7.97. The maximum absolute atomic E-state index is 14.2. The van der Waals surface area contributed by atoms with Crippen molar-refractivity contribution >= 4 is 23.8 Å². The van der Waals surface area contributed by atoms with Crippen LogP contribution in [-0.4, -0.2) is 58.1 Å². The van der Waals surface area contributed by atoms with E-state index in [1.165, 1.54) is 10.8 Å². The van der Waals surface area contributed by atoms with Gasteiger partial charge in [0.1, 0.15) is 28.7 Å². The number of amides is 2. The molecule has 0 aliphatic carbocycles. The first-order valence-corrected chi connectivity index (χ1v) is 13.4. The Hall–Kier alpha value is -4.16. The van der Waals surface area contributed by atoms with E-state index in [0.29, 0.717) is 37.7 Å². The van der Waals surface area contributed by atoms with Gasteiger partial charge in [-0.05, 0) is 26.2 Å². The van der Waals surface area contributed by atoms with Gasteiger partial charge in [0.25, 0.3) is 11.8 Å². The molecule has 2 aromatic rings. The van der Waals surface area contributed by atoms with Gasteiger partial charge in [-0.25, -0.2) is 13.2 Å². The van der Waals surface area contributed by atoms with E-state index in [9.17, 15) is 32.3 Å². The maximum Gasteiger partial charge on any atom is 0.274 e. The number of pyridine rings is 1. The van der Waals surface area contributed by atoms with Gasteiger partial charge < -0.3 is 24.4 Å². The lowest BCUT2D eigenvalue weighted by molar-refractivity contribution is -0.102. The highest BCUT2D eigenvalue weighted by Gasteiger charge is 2.54. The van der Waals surface area contributed by atoms with Crippen molar-refractivity contribution in [2.75, 3.05) is 13.2 Å². The van der Waals surface area contributed by atoms with Crippen LogP contribution in [0.4, 0.5) is 13.2 Å². The van der Waals surface area contributed by atoms with Crippen LogP contribution in [-0.2, 0) is 16.2 Å². The summed E-state index contributed by atoms with van der Waals surface area (Å²) in [4.78, 5) is 59.7. The number of nitrogens with one attached hydrogen (secondary N) is 1. The lowest BCUT2D eigenvalue weighted by atomic mass is 9.84. The average Bonchev–Trinajstić information content (AvgIpc) is 3.31. The number of hydrogen-bond donors (Lipinski definition) is 1. The number of carbonyl (C=O) groups excluding carboxylic acids is 3. The Morgan fingerprint density at radius 1 is 1.27 bits per heavy atom. The molecule has 0 saturated carbocycles. The number of hydrogen-bond acceptors (Lipinski definition) is 7. The Bertz CT molecular complexity index is 1490. The van der Waals surface area contributed by atoms with Crippen LogP contribution in [0.25, 0.3) is 0 Å². The molecule has 0 unspecified atom stereocenters. The van der Waals surface area contributed by atoms with Crippen molar-refractivity contribution in [1.29, 1.82) is 0 Å². The first kappa shape index (κ1) is 28.4. The molecule has 1 spiro atoms. The average molecular weight is 575 g/mol. The minimum atomic E-state index is -1.20. The lowest BCUT2D eigenvalue weighted by Crippen LogP contribution is -2.52. The van der Waals surface area contributed by atoms with Gasteiger partial charge in [-0.15, -0.1) is 0 Å². The number of aromatic nitrogens is 1. The van der Waals surface area contributed by atoms with Gasteiger partial charge in [-0.3, -0.25) is 19.2 Å². The van der Waals surface area contributed by atoms with Crippen LogP contribution in [0.5, 0.6) is 5.75 Å². The van der Waals surface area contributed by atoms with Gasteiger partial charge >= 0.3 is 0 Å². The molecule has 4 heterocycles. The molecule has 2 bridgehead atoms. The third kappa shape index (κ3) is 4.97. The van der Waals surface area contributed by atoms with E-state index < -0.39 is 64.0 Å². The van der Waals surface area contributed by atoms with Crippen molar-refractivity contribution in [2.45, 2.75) is 70.2 Å². The van der Waals surface area contributed by atoms with Crippen LogP contribution in [0, 0.1) is 17.5 Å². The Balaban J connectivity index is 1.60. The summed E-state index contributed by atoms with van der Waals surface area (Å²) in [7, 11) is 0. The van der Waals surface area contributed by atoms with E-state index >= 15 is 0 Å². The maximum atomic E-state index is 14.2. The zero-order valence-electron chi connectivity index (χ0n) is 22.5. The molecule has 1 aromatic heterocycles. The van der Waals surface area contributed by atoms with Gasteiger partial charge in [-0.1, -0.05) is 18.5 Å². The topological polar surface area (TPSA) is 119 Å². The zero-order chi connectivity index (χ0) is 29.5. The van der Waals surface area contributed by atoms with Crippen LogP contribution in [0.2, 0.25) is 0 Å². The summed E-state index contributed by atoms with van der Waals surface area (Å²) >= 11 is 0. The van der Waals surface area contributed by atoms with Crippen molar-refractivity contribution < 1.29 is 37.1 Å². The third-order valence-electron chi connectivity index (χ3n) is 7.97. The normalized spacial score (nSPS) is 23.0. The number of unbranched alkanes of at least 4 members (excludes halogenated alkanes) is 1. The van der Waals surface area contributed by atoms with E-state index in [4.69, 9.17) is 9.57 Å². The summed E-state index contributed by atoms with van der Waals surface area (Å²) in [5.74, 6) is -5.25. The van der Waals surface area contributed by atoms with E-state index in [0.717, 1.165) is 6.42 Å². The van der Waals surface area contributed by atoms with Crippen molar-refractivity contribution in [1.82, 2.24) is 14.8 Å². The largest absolute Gasteiger partial charge is 0.487 e. The first-order chi connectivity index (χ1) is 19.6. The molecule has 1 N–H and O–H groups in total. The number of fused-ring (bicyclic) bond motifs is 5. The van der Waals surface area contributed by atoms with Gasteiger partial charge in [0.2, 0.25) is 5.43 Å². The van der Waals surface area contributed by atoms with Crippen molar-refractivity contribution in [3.8, 4) is 5.75 Å². The minimum Gasteiger partial charge on any atom is -0.487 e. The second-order valence-corrected chi connectivity index (χ2v) is 10.6. The minimum absolute atomic E-state index is 0.0502. The second kappa shape index (κ2) is 11.0. The summed E-state index contributed by atoms with van der Waals surface area (Å²) in [5, 5.41) is 6.26. The van der Waals surface area contributed by atoms with Gasteiger partial charge in [0.05, 0.1) is 12.6 Å². The molecule has 3 aliphatic heterocycles. The fraction of sp³-hybridized carbons (Fsp3) is 0.464. The number of ether oxygens (including phenoxy) is 1. The summed E-state index contributed by atoms with van der Waals surface area (Å²) < 4.78 is 49.0. The summed E-state index contributed by atoms with van der Waals surface area (Å²) in [6.45, 7) is 3.40. The monoisotopic (exact) mass is 574 g/mol. The van der Waals surface area contributed by atoms with Gasteiger partial charge in [-0.2, -0.15) is 0 Å². The van der Waals surface area contributed by atoms with E-state index in [2.05, 4.69) is 10.5 Å². The summed E-state index contributed by atoms with van der Waals surface area (Å²) in [6.07, 6.45) is 4.27. The molecule has 2 amide bonds. The smallest absolute Gasteiger partial charge is 0.274 e. The number of halogens is 3. The molecule has 0 radical (unpaired) electrons. The van der Waals surface area contributed by atoms with Gasteiger partial charge in [0, 0.05) is 49.4 Å². The second-order valence-electron chi connectivity index (χ2n) is 10.6. The molecule has 3 aliphatic rings. The van der Waals surface area contributed by atoms with Crippen LogP contribution in [0.1, 0.15) is 78.4 Å². The zero-order valence-corrected chi connectivity index (χ0v) is 22.5. The Labute approximate surface area is 233 Å². The van der Waals surface area contributed by atoms with Crippen molar-refractivity contribution in [2.24, 2.45) is 5.16 Å². The number of nitrogens with zero attached hydrogens (tertiary/aromatic N) is 3. The van der Waals surface area contributed by atoms with Crippen molar-refractivity contribution in [3.63, 3.8) is 0 Å². The number of aldehydes is 1. The number of carbonyl (C=O) groups is 3. The quantitative estimate of drug-likeness (QED) is 0.382. The number of benzene rings is 1.